The van der Waals surface area contributed by atoms with E-state index in [2.05, 4.69) is 4.90 Å². The molecular formula is C14H25NO3. The molecule has 104 valence electrons. The van der Waals surface area contributed by atoms with Crippen molar-refractivity contribution in [3.05, 3.63) is 0 Å². The number of carboxylic acid groups (broad SMARTS) is 1. The van der Waals surface area contributed by atoms with Crippen molar-refractivity contribution in [2.24, 2.45) is 5.92 Å². The fraction of sp³-hybridized carbons (Fsp3) is 0.929. The summed E-state index contributed by atoms with van der Waals surface area (Å²) in [5.41, 5.74) is 0. The van der Waals surface area contributed by atoms with Gasteiger partial charge in [-0.2, -0.15) is 0 Å². The van der Waals surface area contributed by atoms with Gasteiger partial charge in [-0.1, -0.05) is 0 Å². The zero-order chi connectivity index (χ0) is 13.0. The summed E-state index contributed by atoms with van der Waals surface area (Å²) in [5.74, 6) is -0.258. The van der Waals surface area contributed by atoms with Gasteiger partial charge in [0, 0.05) is 19.6 Å². The van der Waals surface area contributed by atoms with E-state index in [-0.39, 0.29) is 0 Å². The summed E-state index contributed by atoms with van der Waals surface area (Å²) in [6.07, 6.45) is 7.75. The van der Waals surface area contributed by atoms with E-state index in [9.17, 15) is 4.79 Å². The zero-order valence-electron chi connectivity index (χ0n) is 11.3. The SMILES string of the molecule is COC1CCCC(N2CCC(CC(=O)O)CC2)C1. The Kier molecular flexibility index (Phi) is 5.01. The number of rotatable bonds is 4. The van der Waals surface area contributed by atoms with E-state index in [0.29, 0.717) is 24.5 Å². The Hall–Kier alpha value is -0.610. The standard InChI is InChI=1S/C14H25NO3/c1-18-13-4-2-3-12(10-13)15-7-5-11(6-8-15)9-14(16)17/h11-13H,2-10H2,1H3,(H,16,17). The molecule has 2 aliphatic rings. The van der Waals surface area contributed by atoms with E-state index < -0.39 is 5.97 Å². The van der Waals surface area contributed by atoms with Crippen molar-refractivity contribution in [1.29, 1.82) is 0 Å². The van der Waals surface area contributed by atoms with Gasteiger partial charge in [0.05, 0.1) is 6.10 Å². The third kappa shape index (κ3) is 3.69. The number of carbonyl (C=O) groups is 1. The van der Waals surface area contributed by atoms with Crippen LogP contribution < -0.4 is 0 Å². The van der Waals surface area contributed by atoms with Gasteiger partial charge in [-0.15, -0.1) is 0 Å². The first-order valence-electron chi connectivity index (χ1n) is 7.17. The number of ether oxygens (including phenoxy) is 1. The van der Waals surface area contributed by atoms with Crippen LogP contribution in [-0.2, 0) is 9.53 Å². The molecule has 1 aliphatic heterocycles. The Morgan fingerprint density at radius 1 is 1.28 bits per heavy atom. The molecule has 1 aliphatic carbocycles. The van der Waals surface area contributed by atoms with Crippen LogP contribution in [0.2, 0.25) is 0 Å². The highest BCUT2D eigenvalue weighted by Gasteiger charge is 2.30. The fourth-order valence-corrected chi connectivity index (χ4v) is 3.44. The molecule has 0 spiro atoms. The van der Waals surface area contributed by atoms with Crippen molar-refractivity contribution in [3.63, 3.8) is 0 Å². The fourth-order valence-electron chi connectivity index (χ4n) is 3.44. The molecule has 4 heteroatoms. The second-order valence-corrected chi connectivity index (χ2v) is 5.76. The average Bonchev–Trinajstić information content (AvgIpc) is 2.39. The minimum absolute atomic E-state index is 0.346. The smallest absolute Gasteiger partial charge is 0.303 e. The minimum Gasteiger partial charge on any atom is -0.481 e. The van der Waals surface area contributed by atoms with Gasteiger partial charge in [-0.05, 0) is 57.5 Å². The molecule has 0 aromatic carbocycles. The van der Waals surface area contributed by atoms with Gasteiger partial charge in [0.1, 0.15) is 0 Å². The lowest BCUT2D eigenvalue weighted by molar-refractivity contribution is -0.138. The van der Waals surface area contributed by atoms with Crippen LogP contribution >= 0.6 is 0 Å². The number of piperidine rings is 1. The number of methoxy groups -OCH3 is 1. The van der Waals surface area contributed by atoms with E-state index in [4.69, 9.17) is 9.84 Å². The summed E-state index contributed by atoms with van der Waals surface area (Å²) in [6, 6.07) is 0.662. The van der Waals surface area contributed by atoms with Gasteiger partial charge in [-0.25, -0.2) is 0 Å². The highest BCUT2D eigenvalue weighted by atomic mass is 16.5. The summed E-state index contributed by atoms with van der Waals surface area (Å²) in [5, 5.41) is 8.82. The van der Waals surface area contributed by atoms with E-state index in [1.807, 2.05) is 7.11 Å². The van der Waals surface area contributed by atoms with E-state index >= 15 is 0 Å². The van der Waals surface area contributed by atoms with Crippen LogP contribution in [0.1, 0.15) is 44.9 Å². The first-order valence-corrected chi connectivity index (χ1v) is 7.17. The van der Waals surface area contributed by atoms with Crippen molar-refractivity contribution in [3.8, 4) is 0 Å². The normalized spacial score (nSPS) is 31.4. The highest BCUT2D eigenvalue weighted by molar-refractivity contribution is 5.67. The first-order chi connectivity index (χ1) is 8.69. The second-order valence-electron chi connectivity index (χ2n) is 5.76. The molecule has 2 rings (SSSR count). The Morgan fingerprint density at radius 2 is 2.00 bits per heavy atom. The van der Waals surface area contributed by atoms with Crippen LogP contribution in [-0.4, -0.2) is 48.3 Å². The molecule has 0 aromatic rings. The molecule has 0 bridgehead atoms. The van der Waals surface area contributed by atoms with Crippen LogP contribution in [0, 0.1) is 5.92 Å². The van der Waals surface area contributed by atoms with Crippen molar-refractivity contribution < 1.29 is 14.6 Å². The van der Waals surface area contributed by atoms with Gasteiger partial charge in [0.25, 0.3) is 0 Å². The minimum atomic E-state index is -0.648. The van der Waals surface area contributed by atoms with Gasteiger partial charge in [0.15, 0.2) is 0 Å². The molecule has 2 unspecified atom stereocenters. The monoisotopic (exact) mass is 255 g/mol. The maximum Gasteiger partial charge on any atom is 0.303 e. The molecule has 4 nitrogen and oxygen atoms in total. The summed E-state index contributed by atoms with van der Waals surface area (Å²) in [7, 11) is 1.81. The molecular weight excluding hydrogens is 230 g/mol. The largest absolute Gasteiger partial charge is 0.481 e. The number of aliphatic carboxylic acids is 1. The van der Waals surface area contributed by atoms with Crippen LogP contribution in [0.15, 0.2) is 0 Å². The molecule has 2 atom stereocenters. The predicted octanol–water partition coefficient (Wildman–Crippen LogP) is 2.13. The maximum absolute atomic E-state index is 10.7. The Balaban J connectivity index is 1.76. The second kappa shape index (κ2) is 6.53. The van der Waals surface area contributed by atoms with Gasteiger partial charge in [0.2, 0.25) is 0 Å². The molecule has 18 heavy (non-hydrogen) atoms. The van der Waals surface area contributed by atoms with E-state index in [1.54, 1.807) is 0 Å². The van der Waals surface area contributed by atoms with Crippen LogP contribution in [0.5, 0.6) is 0 Å². The summed E-state index contributed by atoms with van der Waals surface area (Å²) in [4.78, 5) is 13.3. The number of nitrogens with zero attached hydrogens (tertiary/aromatic N) is 1. The van der Waals surface area contributed by atoms with Gasteiger partial charge < -0.3 is 14.7 Å². The highest BCUT2D eigenvalue weighted by Crippen LogP contribution is 2.29. The molecule has 0 aromatic heterocycles. The third-order valence-electron chi connectivity index (χ3n) is 4.56. The summed E-state index contributed by atoms with van der Waals surface area (Å²) in [6.45, 7) is 2.14. The third-order valence-corrected chi connectivity index (χ3v) is 4.56. The Morgan fingerprint density at radius 3 is 2.61 bits per heavy atom. The molecule has 1 heterocycles. The molecule has 1 saturated carbocycles. The summed E-state index contributed by atoms with van der Waals surface area (Å²) >= 11 is 0. The lowest BCUT2D eigenvalue weighted by atomic mass is 9.88. The van der Waals surface area contributed by atoms with Crippen molar-refractivity contribution >= 4 is 5.97 Å². The van der Waals surface area contributed by atoms with Gasteiger partial charge >= 0.3 is 5.97 Å². The number of hydrogen-bond donors (Lipinski definition) is 1. The topological polar surface area (TPSA) is 49.8 Å². The van der Waals surface area contributed by atoms with E-state index in [1.165, 1.54) is 19.3 Å². The average molecular weight is 255 g/mol. The Labute approximate surface area is 109 Å². The molecule has 2 fully saturated rings. The van der Waals surface area contributed by atoms with Gasteiger partial charge in [-0.3, -0.25) is 4.79 Å². The first kappa shape index (κ1) is 13.8. The molecule has 0 amide bonds. The van der Waals surface area contributed by atoms with Crippen molar-refractivity contribution in [1.82, 2.24) is 4.90 Å². The summed E-state index contributed by atoms with van der Waals surface area (Å²) < 4.78 is 5.48. The molecule has 0 radical (unpaired) electrons. The molecule has 1 N–H and O–H groups in total. The maximum atomic E-state index is 10.7. The number of carboxylic acids is 1. The molecule has 1 saturated heterocycles. The number of likely N-dealkylation sites (tertiary alicyclic amines) is 1. The van der Waals surface area contributed by atoms with Crippen LogP contribution in [0.3, 0.4) is 0 Å². The van der Waals surface area contributed by atoms with Crippen molar-refractivity contribution in [2.75, 3.05) is 20.2 Å². The quantitative estimate of drug-likeness (QED) is 0.836. The number of hydrogen-bond acceptors (Lipinski definition) is 3. The predicted molar refractivity (Wildman–Crippen MR) is 69.6 cm³/mol. The lowest BCUT2D eigenvalue weighted by Crippen LogP contribution is -2.45. The van der Waals surface area contributed by atoms with E-state index in [0.717, 1.165) is 32.4 Å². The lowest BCUT2D eigenvalue weighted by Gasteiger charge is -2.40. The van der Waals surface area contributed by atoms with Crippen molar-refractivity contribution in [2.45, 2.75) is 57.1 Å². The van der Waals surface area contributed by atoms with Crippen LogP contribution in [0.25, 0.3) is 0 Å². The van der Waals surface area contributed by atoms with Crippen LogP contribution in [0.4, 0.5) is 0 Å². The Bertz CT molecular complexity index is 274. The zero-order valence-corrected chi connectivity index (χ0v) is 11.3.